The van der Waals surface area contributed by atoms with Gasteiger partial charge in [0.1, 0.15) is 17.2 Å². The molecular formula is C15H13NO4. The first-order chi connectivity index (χ1) is 9.63. The number of methoxy groups -OCH3 is 2. The minimum atomic E-state index is -0.179. The summed E-state index contributed by atoms with van der Waals surface area (Å²) in [6.45, 7) is 0. The third-order valence-electron chi connectivity index (χ3n) is 3.30. The van der Waals surface area contributed by atoms with Crippen LogP contribution < -0.4 is 14.9 Å². The van der Waals surface area contributed by atoms with E-state index < -0.39 is 0 Å². The van der Waals surface area contributed by atoms with Crippen LogP contribution in [-0.4, -0.2) is 24.3 Å². The zero-order chi connectivity index (χ0) is 14.3. The van der Waals surface area contributed by atoms with Crippen LogP contribution >= 0.6 is 0 Å². The van der Waals surface area contributed by atoms with Crippen LogP contribution in [0.4, 0.5) is 0 Å². The first-order valence-corrected chi connectivity index (χ1v) is 6.05. The number of H-pyrrole nitrogens is 1. The highest BCUT2D eigenvalue weighted by Crippen LogP contribution is 2.29. The SMILES string of the molecule is COc1ccc2[nH]c3c(O)cc(OC)cc3c(=O)c2c1. The quantitative estimate of drug-likeness (QED) is 0.702. The molecule has 0 atom stereocenters. The van der Waals surface area contributed by atoms with Gasteiger partial charge in [0.25, 0.3) is 0 Å². The number of benzene rings is 2. The van der Waals surface area contributed by atoms with Crippen molar-refractivity contribution < 1.29 is 14.6 Å². The van der Waals surface area contributed by atoms with Crippen LogP contribution in [0.25, 0.3) is 21.8 Å². The summed E-state index contributed by atoms with van der Waals surface area (Å²) in [4.78, 5) is 15.6. The van der Waals surface area contributed by atoms with Crippen LogP contribution in [0, 0.1) is 0 Å². The van der Waals surface area contributed by atoms with Gasteiger partial charge in [-0.25, -0.2) is 0 Å². The normalized spacial score (nSPS) is 10.9. The van der Waals surface area contributed by atoms with E-state index >= 15 is 0 Å². The van der Waals surface area contributed by atoms with Crippen molar-refractivity contribution in [3.05, 3.63) is 40.6 Å². The van der Waals surface area contributed by atoms with Gasteiger partial charge in [0.2, 0.25) is 0 Å². The minimum Gasteiger partial charge on any atom is -0.506 e. The topological polar surface area (TPSA) is 71.6 Å². The number of aromatic hydroxyl groups is 1. The molecule has 5 nitrogen and oxygen atoms in total. The third kappa shape index (κ3) is 1.75. The Morgan fingerprint density at radius 2 is 1.70 bits per heavy atom. The number of ether oxygens (including phenoxy) is 2. The van der Waals surface area contributed by atoms with E-state index in [2.05, 4.69) is 4.98 Å². The molecule has 3 rings (SSSR count). The lowest BCUT2D eigenvalue weighted by atomic mass is 10.1. The van der Waals surface area contributed by atoms with Crippen molar-refractivity contribution in [2.75, 3.05) is 14.2 Å². The smallest absolute Gasteiger partial charge is 0.197 e. The Bertz CT molecular complexity index is 867. The number of aromatic nitrogens is 1. The number of pyridine rings is 1. The molecule has 1 heterocycles. The highest BCUT2D eigenvalue weighted by Gasteiger charge is 2.11. The molecule has 0 amide bonds. The van der Waals surface area contributed by atoms with Crippen LogP contribution in [0.2, 0.25) is 0 Å². The average molecular weight is 271 g/mol. The predicted molar refractivity (Wildman–Crippen MR) is 76.8 cm³/mol. The Morgan fingerprint density at radius 1 is 1.00 bits per heavy atom. The molecule has 0 saturated heterocycles. The van der Waals surface area contributed by atoms with Gasteiger partial charge >= 0.3 is 0 Å². The van der Waals surface area contributed by atoms with Crippen molar-refractivity contribution in [3.8, 4) is 17.2 Å². The van der Waals surface area contributed by atoms with Gasteiger partial charge in [-0.1, -0.05) is 0 Å². The molecule has 0 bridgehead atoms. The zero-order valence-corrected chi connectivity index (χ0v) is 11.1. The van der Waals surface area contributed by atoms with Crippen LogP contribution in [0.5, 0.6) is 17.2 Å². The summed E-state index contributed by atoms with van der Waals surface area (Å²) in [5.41, 5.74) is 0.860. The molecule has 0 fully saturated rings. The van der Waals surface area contributed by atoms with E-state index in [-0.39, 0.29) is 11.2 Å². The standard InChI is InChI=1S/C15H13NO4/c1-19-8-3-4-12-10(5-8)15(18)11-6-9(20-2)7-13(17)14(11)16-12/h3-7,17H,1-2H3,(H,16,18). The number of phenols is 1. The lowest BCUT2D eigenvalue weighted by Crippen LogP contribution is -2.05. The molecule has 20 heavy (non-hydrogen) atoms. The van der Waals surface area contributed by atoms with Crippen molar-refractivity contribution in [1.29, 1.82) is 0 Å². The zero-order valence-electron chi connectivity index (χ0n) is 11.1. The number of fused-ring (bicyclic) bond motifs is 2. The van der Waals surface area contributed by atoms with Crippen LogP contribution in [0.1, 0.15) is 0 Å². The summed E-state index contributed by atoms with van der Waals surface area (Å²) in [5, 5.41) is 10.9. The summed E-state index contributed by atoms with van der Waals surface area (Å²) >= 11 is 0. The third-order valence-corrected chi connectivity index (χ3v) is 3.30. The fourth-order valence-electron chi connectivity index (χ4n) is 2.26. The fourth-order valence-corrected chi connectivity index (χ4v) is 2.26. The van der Waals surface area contributed by atoms with Gasteiger partial charge < -0.3 is 19.6 Å². The first kappa shape index (κ1) is 12.3. The van der Waals surface area contributed by atoms with Gasteiger partial charge in [-0.15, -0.1) is 0 Å². The maximum absolute atomic E-state index is 12.5. The van der Waals surface area contributed by atoms with Crippen molar-refractivity contribution in [1.82, 2.24) is 4.98 Å². The molecule has 5 heteroatoms. The number of hydrogen-bond acceptors (Lipinski definition) is 4. The van der Waals surface area contributed by atoms with Gasteiger partial charge in [-0.2, -0.15) is 0 Å². The monoisotopic (exact) mass is 271 g/mol. The number of rotatable bonds is 2. The Hall–Kier alpha value is -2.69. The van der Waals surface area contributed by atoms with Crippen LogP contribution in [0.15, 0.2) is 35.1 Å². The highest BCUT2D eigenvalue weighted by atomic mass is 16.5. The molecule has 1 aromatic heterocycles. The number of hydrogen-bond donors (Lipinski definition) is 2. The van der Waals surface area contributed by atoms with E-state index in [1.807, 2.05) is 0 Å². The molecule has 0 spiro atoms. The molecular weight excluding hydrogens is 258 g/mol. The first-order valence-electron chi connectivity index (χ1n) is 6.05. The molecule has 0 saturated carbocycles. The van der Waals surface area contributed by atoms with E-state index in [1.165, 1.54) is 13.2 Å². The van der Waals surface area contributed by atoms with Gasteiger partial charge in [0.05, 0.1) is 30.6 Å². The summed E-state index contributed by atoms with van der Waals surface area (Å²) in [5.74, 6) is 1.02. The molecule has 2 aromatic carbocycles. The highest BCUT2D eigenvalue weighted by molar-refractivity contribution is 5.96. The summed E-state index contributed by atoms with van der Waals surface area (Å²) < 4.78 is 10.2. The number of nitrogens with one attached hydrogen (secondary N) is 1. The maximum atomic E-state index is 12.5. The molecule has 102 valence electrons. The Balaban J connectivity index is 2.48. The second kappa shape index (κ2) is 4.45. The molecule has 0 aliphatic heterocycles. The second-order valence-electron chi connectivity index (χ2n) is 4.43. The van der Waals surface area contributed by atoms with Gasteiger partial charge in [-0.3, -0.25) is 4.79 Å². The maximum Gasteiger partial charge on any atom is 0.197 e. The van der Waals surface area contributed by atoms with E-state index in [0.717, 1.165) is 0 Å². The fraction of sp³-hybridized carbons (Fsp3) is 0.133. The van der Waals surface area contributed by atoms with E-state index in [0.29, 0.717) is 33.3 Å². The Kier molecular flexibility index (Phi) is 2.75. The lowest BCUT2D eigenvalue weighted by Gasteiger charge is -2.08. The second-order valence-corrected chi connectivity index (χ2v) is 4.43. The molecule has 0 aliphatic rings. The summed E-state index contributed by atoms with van der Waals surface area (Å²) in [6, 6.07) is 8.24. The van der Waals surface area contributed by atoms with Crippen molar-refractivity contribution in [2.24, 2.45) is 0 Å². The van der Waals surface area contributed by atoms with E-state index in [1.54, 1.807) is 31.4 Å². The average Bonchev–Trinajstić information content (AvgIpc) is 2.48. The predicted octanol–water partition coefficient (Wildman–Crippen LogP) is 2.40. The van der Waals surface area contributed by atoms with Crippen molar-refractivity contribution in [2.45, 2.75) is 0 Å². The van der Waals surface area contributed by atoms with Gasteiger partial charge in [0.15, 0.2) is 5.43 Å². The van der Waals surface area contributed by atoms with Gasteiger partial charge in [0, 0.05) is 11.5 Å². The Labute approximate surface area is 114 Å². The van der Waals surface area contributed by atoms with Crippen molar-refractivity contribution >= 4 is 21.8 Å². The lowest BCUT2D eigenvalue weighted by molar-refractivity contribution is 0.409. The summed E-state index contributed by atoms with van der Waals surface area (Å²) in [6.07, 6.45) is 0. The molecule has 0 radical (unpaired) electrons. The molecule has 2 N–H and O–H groups in total. The van der Waals surface area contributed by atoms with E-state index in [9.17, 15) is 9.90 Å². The largest absolute Gasteiger partial charge is 0.506 e. The van der Waals surface area contributed by atoms with Crippen molar-refractivity contribution in [3.63, 3.8) is 0 Å². The molecule has 0 aliphatic carbocycles. The molecule has 3 aromatic rings. The molecule has 0 unspecified atom stereocenters. The van der Waals surface area contributed by atoms with E-state index in [4.69, 9.17) is 9.47 Å². The van der Waals surface area contributed by atoms with Crippen LogP contribution in [-0.2, 0) is 0 Å². The number of aromatic amines is 1. The Morgan fingerprint density at radius 3 is 2.40 bits per heavy atom. The van der Waals surface area contributed by atoms with Crippen LogP contribution in [0.3, 0.4) is 0 Å². The summed E-state index contributed by atoms with van der Waals surface area (Å²) in [7, 11) is 3.03. The minimum absolute atomic E-state index is 0.0193. The number of phenolic OH excluding ortho intramolecular Hbond substituents is 1. The van der Waals surface area contributed by atoms with Gasteiger partial charge in [-0.05, 0) is 24.3 Å².